The van der Waals surface area contributed by atoms with E-state index < -0.39 is 34.8 Å². The first kappa shape index (κ1) is 15.5. The maximum Gasteiger partial charge on any atom is 0.509 e. The second-order valence-corrected chi connectivity index (χ2v) is 7.86. The Morgan fingerprint density at radius 1 is 1.17 bits per heavy atom. The molecule has 4 atom stereocenters. The molecule has 1 aromatic rings. The summed E-state index contributed by atoms with van der Waals surface area (Å²) in [5.41, 5.74) is -0.0192. The standard InChI is InChI=1S/C19H22O5/c1-17(2)13(10-20)18(3)8-9-19(17)15(23-16(22)24-19)12-7-5-4-6-11(12)14(18)21/h4-7,10,14-15,20-21H,8-9H2,1-3H3/b13-10-/t14?,15-,18-,19+/m0/s1. The summed E-state index contributed by atoms with van der Waals surface area (Å²) in [6.07, 6.45) is 0.136. The molecule has 3 aliphatic carbocycles. The molecule has 5 rings (SSSR count). The minimum atomic E-state index is -0.894. The molecule has 5 nitrogen and oxygen atoms in total. The maximum atomic E-state index is 12.1. The molecule has 1 saturated carbocycles. The fraction of sp³-hybridized carbons (Fsp3) is 0.526. The van der Waals surface area contributed by atoms with Gasteiger partial charge in [-0.3, -0.25) is 0 Å². The molecule has 2 bridgehead atoms. The van der Waals surface area contributed by atoms with Gasteiger partial charge in [0.05, 0.1) is 12.4 Å². The average Bonchev–Trinajstić information content (AvgIpc) is 2.88. The van der Waals surface area contributed by atoms with E-state index in [-0.39, 0.29) is 0 Å². The largest absolute Gasteiger partial charge is 0.516 e. The predicted octanol–water partition coefficient (Wildman–Crippen LogP) is 3.95. The Morgan fingerprint density at radius 2 is 1.83 bits per heavy atom. The van der Waals surface area contributed by atoms with E-state index in [0.29, 0.717) is 18.4 Å². The lowest BCUT2D eigenvalue weighted by Gasteiger charge is -2.58. The number of benzene rings is 1. The van der Waals surface area contributed by atoms with Gasteiger partial charge in [-0.2, -0.15) is 0 Å². The highest BCUT2D eigenvalue weighted by atomic mass is 16.8. The highest BCUT2D eigenvalue weighted by Crippen LogP contribution is 2.68. The number of carbonyl (C=O) groups excluding carboxylic acids is 1. The number of fused-ring (bicyclic) bond motifs is 2. The summed E-state index contributed by atoms with van der Waals surface area (Å²) >= 11 is 0. The van der Waals surface area contributed by atoms with Crippen molar-refractivity contribution >= 4 is 6.16 Å². The molecule has 4 aliphatic rings. The molecule has 128 valence electrons. The smallest absolute Gasteiger partial charge is 0.509 e. The van der Waals surface area contributed by atoms with Gasteiger partial charge in [0.2, 0.25) is 0 Å². The molecule has 1 unspecified atom stereocenters. The second kappa shape index (κ2) is 4.54. The van der Waals surface area contributed by atoms with Gasteiger partial charge in [-0.15, -0.1) is 0 Å². The molecular weight excluding hydrogens is 308 g/mol. The van der Waals surface area contributed by atoms with Crippen LogP contribution in [0.25, 0.3) is 0 Å². The van der Waals surface area contributed by atoms with Gasteiger partial charge < -0.3 is 19.7 Å². The molecule has 0 amide bonds. The molecule has 2 fully saturated rings. The number of rotatable bonds is 0. The zero-order chi connectivity index (χ0) is 17.3. The third-order valence-corrected chi connectivity index (χ3v) is 6.57. The number of aliphatic hydroxyl groups is 2. The van der Waals surface area contributed by atoms with Crippen LogP contribution in [-0.2, 0) is 9.47 Å². The lowest BCUT2D eigenvalue weighted by atomic mass is 9.48. The fourth-order valence-corrected chi connectivity index (χ4v) is 5.14. The first-order chi connectivity index (χ1) is 11.3. The van der Waals surface area contributed by atoms with Crippen LogP contribution in [0.4, 0.5) is 4.79 Å². The zero-order valence-electron chi connectivity index (χ0n) is 14.1. The molecule has 5 heteroatoms. The third-order valence-electron chi connectivity index (χ3n) is 6.57. The Bertz CT molecular complexity index is 752. The van der Waals surface area contributed by atoms with Gasteiger partial charge in [0.15, 0.2) is 11.7 Å². The van der Waals surface area contributed by atoms with Gasteiger partial charge in [0.1, 0.15) is 0 Å². The van der Waals surface area contributed by atoms with Crippen molar-refractivity contribution in [3.8, 4) is 0 Å². The summed E-state index contributed by atoms with van der Waals surface area (Å²) in [4.78, 5) is 12.1. The van der Waals surface area contributed by atoms with Crippen LogP contribution in [0.3, 0.4) is 0 Å². The summed E-state index contributed by atoms with van der Waals surface area (Å²) in [7, 11) is 0. The van der Waals surface area contributed by atoms with Gasteiger partial charge in [0.25, 0.3) is 0 Å². The fourth-order valence-electron chi connectivity index (χ4n) is 5.14. The van der Waals surface area contributed by atoms with Crippen LogP contribution in [0, 0.1) is 10.8 Å². The predicted molar refractivity (Wildman–Crippen MR) is 86.3 cm³/mol. The average molecular weight is 330 g/mol. The van der Waals surface area contributed by atoms with Crippen LogP contribution in [0.15, 0.2) is 36.1 Å². The molecular formula is C19H22O5. The number of hydrogen-bond donors (Lipinski definition) is 2. The van der Waals surface area contributed by atoms with Crippen molar-refractivity contribution < 1.29 is 24.5 Å². The highest BCUT2D eigenvalue weighted by molar-refractivity contribution is 5.66. The Morgan fingerprint density at radius 3 is 2.50 bits per heavy atom. The van der Waals surface area contributed by atoms with E-state index in [1.807, 2.05) is 45.0 Å². The minimum Gasteiger partial charge on any atom is -0.516 e. The molecule has 2 N–H and O–H groups in total. The van der Waals surface area contributed by atoms with Crippen molar-refractivity contribution in [1.82, 2.24) is 0 Å². The van der Waals surface area contributed by atoms with Crippen LogP contribution in [0.5, 0.6) is 0 Å². The Balaban J connectivity index is 2.08. The molecule has 1 aliphatic heterocycles. The normalized spacial score (nSPS) is 41.0. The molecule has 1 aromatic carbocycles. The molecule has 1 heterocycles. The van der Waals surface area contributed by atoms with Crippen LogP contribution in [-0.4, -0.2) is 22.0 Å². The second-order valence-electron chi connectivity index (χ2n) is 7.86. The topological polar surface area (TPSA) is 76.0 Å². The Labute approximate surface area is 140 Å². The number of carbonyl (C=O) groups is 1. The quantitative estimate of drug-likeness (QED) is 0.556. The summed E-state index contributed by atoms with van der Waals surface area (Å²) in [6, 6.07) is 7.47. The zero-order valence-corrected chi connectivity index (χ0v) is 14.1. The number of ether oxygens (including phenoxy) is 2. The van der Waals surface area contributed by atoms with Gasteiger partial charge in [-0.05, 0) is 24.0 Å². The van der Waals surface area contributed by atoms with Crippen molar-refractivity contribution in [2.75, 3.05) is 0 Å². The van der Waals surface area contributed by atoms with Crippen molar-refractivity contribution in [3.05, 3.63) is 47.2 Å². The SMILES string of the molecule is CC1(C)/C(=C/O)[C@]2(C)CC[C@]13OC(=O)O[C@H]3c1ccccc1C2O. The van der Waals surface area contributed by atoms with E-state index in [4.69, 9.17) is 9.47 Å². The van der Waals surface area contributed by atoms with Gasteiger partial charge in [-0.25, -0.2) is 4.79 Å². The number of hydrogen-bond acceptors (Lipinski definition) is 5. The van der Waals surface area contributed by atoms with E-state index in [0.717, 1.165) is 17.4 Å². The molecule has 0 radical (unpaired) electrons. The first-order valence-corrected chi connectivity index (χ1v) is 8.30. The maximum absolute atomic E-state index is 12.1. The Kier molecular flexibility index (Phi) is 2.93. The molecule has 1 saturated heterocycles. The molecule has 1 spiro atoms. The van der Waals surface area contributed by atoms with Crippen molar-refractivity contribution in [1.29, 1.82) is 0 Å². The number of aliphatic hydroxyl groups excluding tert-OH is 2. The summed E-state index contributed by atoms with van der Waals surface area (Å²) in [5.74, 6) is 0. The minimum absolute atomic E-state index is 0.565. The van der Waals surface area contributed by atoms with Crippen LogP contribution >= 0.6 is 0 Å². The summed E-state index contributed by atoms with van der Waals surface area (Å²) < 4.78 is 11.3. The highest BCUT2D eigenvalue weighted by Gasteiger charge is 2.69. The third kappa shape index (κ3) is 1.56. The van der Waals surface area contributed by atoms with E-state index in [1.165, 1.54) is 0 Å². The summed E-state index contributed by atoms with van der Waals surface area (Å²) in [6.45, 7) is 5.85. The monoisotopic (exact) mass is 330 g/mol. The first-order valence-electron chi connectivity index (χ1n) is 8.30. The Hall–Kier alpha value is -2.01. The van der Waals surface area contributed by atoms with Crippen molar-refractivity contribution in [2.24, 2.45) is 10.8 Å². The van der Waals surface area contributed by atoms with Crippen LogP contribution in [0.1, 0.15) is 56.9 Å². The molecule has 0 aromatic heterocycles. The van der Waals surface area contributed by atoms with Crippen molar-refractivity contribution in [2.45, 2.75) is 51.4 Å². The van der Waals surface area contributed by atoms with Gasteiger partial charge in [-0.1, -0.05) is 45.0 Å². The van der Waals surface area contributed by atoms with Crippen LogP contribution in [0.2, 0.25) is 0 Å². The van der Waals surface area contributed by atoms with E-state index in [9.17, 15) is 15.0 Å². The van der Waals surface area contributed by atoms with E-state index >= 15 is 0 Å². The van der Waals surface area contributed by atoms with Crippen molar-refractivity contribution in [3.63, 3.8) is 0 Å². The lowest BCUT2D eigenvalue weighted by Crippen LogP contribution is -2.58. The van der Waals surface area contributed by atoms with E-state index in [1.54, 1.807) is 0 Å². The summed E-state index contributed by atoms with van der Waals surface area (Å²) in [5, 5.41) is 21.2. The van der Waals surface area contributed by atoms with Crippen LogP contribution < -0.4 is 0 Å². The van der Waals surface area contributed by atoms with Gasteiger partial charge in [0, 0.05) is 16.4 Å². The molecule has 24 heavy (non-hydrogen) atoms. The lowest BCUT2D eigenvalue weighted by molar-refractivity contribution is -0.124. The van der Waals surface area contributed by atoms with E-state index in [2.05, 4.69) is 0 Å². The van der Waals surface area contributed by atoms with Gasteiger partial charge >= 0.3 is 6.16 Å².